The zero-order valence-corrected chi connectivity index (χ0v) is 74.6. The number of pyridine rings is 1. The number of benzene rings is 3. The van der Waals surface area contributed by atoms with E-state index in [1.807, 2.05) is 6.07 Å². The number of aromatic amines is 2. The lowest BCUT2D eigenvalue weighted by molar-refractivity contribution is -0.139. The normalized spacial score (nSPS) is 22.7. The molecule has 15 atom stereocenters. The highest BCUT2D eigenvalue weighted by Gasteiger charge is 2.42. The van der Waals surface area contributed by atoms with Crippen molar-refractivity contribution in [1.82, 2.24) is 94.4 Å². The Morgan fingerprint density at radius 3 is 1.53 bits per heavy atom. The van der Waals surface area contributed by atoms with Gasteiger partial charge >= 0.3 is 5.97 Å². The van der Waals surface area contributed by atoms with E-state index in [2.05, 4.69) is 94.4 Å². The van der Waals surface area contributed by atoms with Crippen molar-refractivity contribution in [2.75, 3.05) is 18.1 Å². The first-order chi connectivity index (χ1) is 61.2. The number of rotatable bonds is 26. The molecule has 0 fully saturated rings. The van der Waals surface area contributed by atoms with Crippen LogP contribution in [0.25, 0.3) is 11.0 Å². The molecule has 0 saturated carbocycles. The van der Waals surface area contributed by atoms with Gasteiger partial charge in [-0.2, -0.15) is 23.5 Å². The van der Waals surface area contributed by atoms with Crippen molar-refractivity contribution >= 4 is 129 Å². The van der Waals surface area contributed by atoms with Crippen molar-refractivity contribution in [3.05, 3.63) is 143 Å². The number of nitrogens with two attached hydrogens (primary N) is 2. The first-order valence-electron chi connectivity index (χ1n) is 42.2. The Balaban J connectivity index is 1.31. The van der Waals surface area contributed by atoms with E-state index < -0.39 is 204 Å². The monoisotopic (exact) mass is 1830 g/mol. The number of nitrogens with one attached hydrogen (secondary N) is 17. The average Bonchev–Trinajstić information content (AvgIpc) is 1.78. The van der Waals surface area contributed by atoms with Crippen LogP contribution in [0.2, 0.25) is 0 Å². The molecular weight excluding hydrogens is 1710 g/mol. The Bertz CT molecular complexity index is 4860. The molecule has 0 unspecified atom stereocenters. The molecule has 0 aliphatic carbocycles. The number of carbonyl (C=O) groups is 15. The SMILES string of the molecule is CCC[C@@H]1NC(=O)[C@H](Cc2c[nH]c3ncccc23)NC(=O)[C@H]([C@@H](C)O)NC(=O)[C@H](Cc2c[nH]cn2)NC(=O)[C@H](Cc2ccc(O)cc2)NC(=O)[C@H](C(C)(C)C)NC(=O)[C@@H](NC(=O)[C@H](CCCCNC(=N)N)NC(C)=O)CSCc2cccc(c2)CSC[C@@H](C(N)=O)NC(=O)[C@H]([C@@H](C)O)NC(=O)[C@H](CCC)NC(=O)[C@H](Cc2ccc(O)cc2)NC(=O)[C@H](CCC(=O)O)NC1=O. The minimum atomic E-state index is -1.98. The molecule has 1 aliphatic heterocycles. The van der Waals surface area contributed by atoms with Crippen LogP contribution in [0.5, 0.6) is 11.5 Å². The van der Waals surface area contributed by atoms with Gasteiger partial charge in [0.05, 0.1) is 24.2 Å². The van der Waals surface area contributed by atoms with Gasteiger partial charge in [-0.1, -0.05) is 96.0 Å². The number of amides is 14. The number of carboxylic acids is 1. The number of phenolic OH excluding ortho intramolecular Hbond substituents is 2. The molecule has 700 valence electrons. The molecule has 4 heterocycles. The van der Waals surface area contributed by atoms with Gasteiger partial charge < -0.3 is 121 Å². The summed E-state index contributed by atoms with van der Waals surface area (Å²) in [6.45, 7) is 11.9. The van der Waals surface area contributed by atoms with Crippen LogP contribution in [0, 0.1) is 10.8 Å². The van der Waals surface area contributed by atoms with Crippen LogP contribution in [-0.4, -0.2) is 249 Å². The van der Waals surface area contributed by atoms with Crippen molar-refractivity contribution < 1.29 is 97.5 Å². The zero-order chi connectivity index (χ0) is 94.8. The summed E-state index contributed by atoms with van der Waals surface area (Å²) < 4.78 is 0. The lowest BCUT2D eigenvalue weighted by atomic mass is 9.85. The molecule has 3 aromatic carbocycles. The number of carbonyl (C=O) groups excluding carboxylic acids is 14. The molecule has 3 aromatic heterocycles. The van der Waals surface area contributed by atoms with E-state index in [9.17, 15) is 68.7 Å². The number of aromatic hydroxyl groups is 2. The van der Waals surface area contributed by atoms with Crippen molar-refractivity contribution in [3.8, 4) is 11.5 Å². The largest absolute Gasteiger partial charge is 0.508 e. The van der Waals surface area contributed by atoms with Gasteiger partial charge in [0, 0.05) is 92.6 Å². The summed E-state index contributed by atoms with van der Waals surface area (Å²) in [5.74, 6) is -15.8. The second kappa shape index (κ2) is 50.6. The minimum Gasteiger partial charge on any atom is -0.508 e. The van der Waals surface area contributed by atoms with E-state index >= 15 is 28.8 Å². The maximum Gasteiger partial charge on any atom is 0.303 e. The maximum atomic E-state index is 15.3. The van der Waals surface area contributed by atoms with Crippen LogP contribution < -0.4 is 85.9 Å². The van der Waals surface area contributed by atoms with E-state index in [0.717, 1.165) is 6.92 Å². The molecule has 6 aromatic rings. The molecular formula is C86H119N21O20S2. The Morgan fingerprint density at radius 2 is 1.04 bits per heavy atom. The summed E-state index contributed by atoms with van der Waals surface area (Å²) in [7, 11) is 0. The molecule has 2 bridgehead atoms. The van der Waals surface area contributed by atoms with Crippen LogP contribution >= 0.6 is 23.5 Å². The lowest BCUT2D eigenvalue weighted by Crippen LogP contribution is -2.63. The third-order valence-corrected chi connectivity index (χ3v) is 23.0. The van der Waals surface area contributed by atoms with Gasteiger partial charge in [-0.05, 0) is 122 Å². The smallest absolute Gasteiger partial charge is 0.303 e. The Morgan fingerprint density at radius 1 is 0.558 bits per heavy atom. The summed E-state index contributed by atoms with van der Waals surface area (Å²) in [6.07, 6.45) is 0.225. The summed E-state index contributed by atoms with van der Waals surface area (Å²) >= 11 is 2.36. The Labute approximate surface area is 753 Å². The van der Waals surface area contributed by atoms with Crippen molar-refractivity contribution in [1.29, 1.82) is 5.41 Å². The van der Waals surface area contributed by atoms with E-state index in [4.69, 9.17) is 16.9 Å². The molecule has 26 N–H and O–H groups in total. The molecule has 14 amide bonds. The predicted octanol–water partition coefficient (Wildman–Crippen LogP) is -1.12. The standard InChI is InChI=1S/C86H119N21O20S2/c1-9-15-57-73(116)98-60(29-30-67(113)114)75(118)99-61(34-48-21-25-54(111)26-22-48)77(120)97-58(16-10-2)76(119)105-69(46(4)109)83(126)103-65(71(87)115)42-128-40-50-17-13-18-51(33-50)41-129-43-66(104-74(117)59(95-47(5)110)20-11-12-31-92-85(88)89)81(124)107-70(86(6,7)8)84(127)102-62(35-49-23-27-55(112)28-24-49)78(121)100-64(37-53-39-90-44-94-53)80(123)106-68(45(3)108)82(125)101-63(79(122)96-57)36-52-38-93-72-56(52)19-14-32-91-72/h13-14,17-19,21-28,32-33,38-39,44-46,57-66,68-70,108-109,111-112H,9-12,15-16,20,29-31,34-37,40-43H2,1-8H3,(H2,87,115)(H,90,94)(H,91,93)(H,95,110)(H,96,122)(H,97,120)(H,98,116)(H,99,118)(H,100,121)(H,101,125)(H,102,127)(H,103,126)(H,104,117)(H,105,119)(H,106,123)(H,107,124)(H,113,114)(H4,88,89,92)/t45-,46-,57+,58+,59+,60+,61+,62+,63+,64+,65+,66+,68+,69+,70-/m1/s1. The van der Waals surface area contributed by atoms with Gasteiger partial charge in [0.2, 0.25) is 82.7 Å². The van der Waals surface area contributed by atoms with Crippen molar-refractivity contribution in [2.45, 2.75) is 241 Å². The number of thioether (sulfide) groups is 2. The number of guanidine groups is 1. The molecule has 7 rings (SSSR count). The predicted molar refractivity (Wildman–Crippen MR) is 478 cm³/mol. The number of unbranched alkanes of at least 4 members (excludes halogenated alkanes) is 1. The lowest BCUT2D eigenvalue weighted by Gasteiger charge is -2.33. The van der Waals surface area contributed by atoms with Gasteiger partial charge in [0.15, 0.2) is 5.96 Å². The molecule has 43 heteroatoms. The van der Waals surface area contributed by atoms with Crippen molar-refractivity contribution in [3.63, 3.8) is 0 Å². The third kappa shape index (κ3) is 33.7. The third-order valence-electron chi connectivity index (χ3n) is 20.8. The van der Waals surface area contributed by atoms with E-state index in [0.29, 0.717) is 51.7 Å². The molecule has 0 saturated heterocycles. The number of aliphatic hydroxyl groups excluding tert-OH is 2. The van der Waals surface area contributed by atoms with E-state index in [1.54, 1.807) is 65.0 Å². The number of aromatic nitrogens is 4. The molecule has 1 aliphatic rings. The highest BCUT2D eigenvalue weighted by molar-refractivity contribution is 7.98. The number of hydrogen-bond donors (Lipinski definition) is 24. The average molecular weight is 1830 g/mol. The second-order valence-electron chi connectivity index (χ2n) is 32.6. The summed E-state index contributed by atoms with van der Waals surface area (Å²) in [6, 6.07) is 0.333. The van der Waals surface area contributed by atoms with Gasteiger partial charge in [0.25, 0.3) is 0 Å². The first-order valence-corrected chi connectivity index (χ1v) is 44.6. The number of aliphatic hydroxyl groups is 2. The van der Waals surface area contributed by atoms with Crippen LogP contribution in [0.4, 0.5) is 0 Å². The summed E-state index contributed by atoms with van der Waals surface area (Å²) in [5, 5.41) is 98.0. The second-order valence-corrected chi connectivity index (χ2v) is 34.6. The number of H-pyrrole nitrogens is 2. The number of hydrogen-bond acceptors (Lipinski definition) is 24. The minimum absolute atomic E-state index is 0.0679. The number of fused-ring (bicyclic) bond motifs is 3. The quantitative estimate of drug-likeness (QED) is 0.0174. The number of imidazole rings is 1. The van der Waals surface area contributed by atoms with Gasteiger partial charge in [-0.15, -0.1) is 0 Å². The topological polar surface area (TPSA) is 659 Å². The number of carboxylic acid groups (broad SMARTS) is 1. The fourth-order valence-electron chi connectivity index (χ4n) is 13.9. The highest BCUT2D eigenvalue weighted by atomic mass is 32.2. The van der Waals surface area contributed by atoms with Crippen LogP contribution in [0.3, 0.4) is 0 Å². The Kier molecular flexibility index (Phi) is 40.5. The van der Waals surface area contributed by atoms with Crippen LogP contribution in [0.1, 0.15) is 147 Å². The molecule has 129 heavy (non-hydrogen) atoms. The van der Waals surface area contributed by atoms with Crippen molar-refractivity contribution in [2.24, 2.45) is 16.9 Å². The molecule has 0 spiro atoms. The number of nitrogens with zero attached hydrogens (tertiary/aromatic N) is 2. The van der Waals surface area contributed by atoms with Gasteiger partial charge in [0.1, 0.15) is 95.7 Å². The van der Waals surface area contributed by atoms with E-state index in [1.165, 1.54) is 111 Å². The fraction of sp³-hybridized carbons (Fsp3) is 0.488. The number of aliphatic carboxylic acids is 1. The Hall–Kier alpha value is -12.9. The first kappa shape index (κ1) is 103. The molecule has 0 radical (unpaired) electrons. The maximum absolute atomic E-state index is 15.3. The summed E-state index contributed by atoms with van der Waals surface area (Å²) in [5.41, 5.74) is 13.1. The summed E-state index contributed by atoms with van der Waals surface area (Å²) in [4.78, 5) is 231. The molecule has 41 nitrogen and oxygen atoms in total. The fourth-order valence-corrected chi connectivity index (χ4v) is 15.9. The highest BCUT2D eigenvalue weighted by Crippen LogP contribution is 2.25. The van der Waals surface area contributed by atoms with Gasteiger partial charge in [-0.3, -0.25) is 77.3 Å². The van der Waals surface area contributed by atoms with E-state index in [-0.39, 0.29) is 104 Å². The number of primary amides is 1. The van der Waals surface area contributed by atoms with Gasteiger partial charge in [-0.25, -0.2) is 9.97 Å². The zero-order valence-electron chi connectivity index (χ0n) is 73.0. The number of phenols is 2. The van der Waals surface area contributed by atoms with Crippen LogP contribution in [-0.2, 0) is 109 Å². The van der Waals surface area contributed by atoms with Crippen LogP contribution in [0.15, 0.2) is 110 Å².